The molecule has 0 saturated heterocycles. The Labute approximate surface area is 133 Å². The number of rotatable bonds is 12. The maximum atomic E-state index is 11.1. The number of benzene rings is 1. The standard InChI is InChI=1S/C18H26NO3/c1-2-3-4-5-6-7-8-9-10-17(15-20)16-11-13-18(14-12-16)19(21)22/h11-14,17H,2-10H2,1H3. The van der Waals surface area contributed by atoms with E-state index in [1.54, 1.807) is 12.1 Å². The number of hydrogen-bond acceptors (Lipinski definition) is 3. The van der Waals surface area contributed by atoms with E-state index in [1.807, 2.05) is 0 Å². The van der Waals surface area contributed by atoms with E-state index in [-0.39, 0.29) is 11.6 Å². The zero-order chi connectivity index (χ0) is 16.2. The second kappa shape index (κ2) is 10.9. The largest absolute Gasteiger partial charge is 0.290 e. The highest BCUT2D eigenvalue weighted by Crippen LogP contribution is 2.23. The average Bonchev–Trinajstić information content (AvgIpc) is 2.54. The van der Waals surface area contributed by atoms with Crippen LogP contribution in [0.4, 0.5) is 5.69 Å². The van der Waals surface area contributed by atoms with E-state index < -0.39 is 4.92 Å². The smallest absolute Gasteiger partial charge is 0.269 e. The molecular weight excluding hydrogens is 278 g/mol. The van der Waals surface area contributed by atoms with Crippen molar-refractivity contribution in [2.75, 3.05) is 0 Å². The molecule has 0 fully saturated rings. The van der Waals surface area contributed by atoms with Gasteiger partial charge in [0.05, 0.1) is 10.8 Å². The summed E-state index contributed by atoms with van der Waals surface area (Å²) < 4.78 is 0. The molecule has 0 aromatic heterocycles. The van der Waals surface area contributed by atoms with E-state index in [2.05, 4.69) is 13.2 Å². The molecule has 0 bridgehead atoms. The Bertz CT molecular complexity index is 442. The number of carbonyl (C=O) groups excluding carboxylic acids is 1. The first-order valence-electron chi connectivity index (χ1n) is 8.31. The van der Waals surface area contributed by atoms with Crippen LogP contribution in [0.25, 0.3) is 0 Å². The third-order valence-corrected chi connectivity index (χ3v) is 3.99. The zero-order valence-corrected chi connectivity index (χ0v) is 13.4. The van der Waals surface area contributed by atoms with Crippen molar-refractivity contribution in [1.82, 2.24) is 0 Å². The minimum atomic E-state index is -0.429. The quantitative estimate of drug-likeness (QED) is 0.298. The first-order chi connectivity index (χ1) is 10.7. The van der Waals surface area contributed by atoms with Gasteiger partial charge in [0.25, 0.3) is 5.69 Å². The van der Waals surface area contributed by atoms with Crippen molar-refractivity contribution in [3.63, 3.8) is 0 Å². The summed E-state index contributed by atoms with van der Waals surface area (Å²) in [6.07, 6.45) is 12.7. The van der Waals surface area contributed by atoms with Gasteiger partial charge < -0.3 is 0 Å². The molecular formula is C18H26NO3. The SMILES string of the molecule is CCCCCCCCCCC([C]=O)c1ccc([N+](=O)[O-])cc1. The van der Waals surface area contributed by atoms with E-state index in [4.69, 9.17) is 0 Å². The van der Waals surface area contributed by atoms with Crippen LogP contribution in [0, 0.1) is 10.1 Å². The summed E-state index contributed by atoms with van der Waals surface area (Å²) in [5, 5.41) is 10.6. The Morgan fingerprint density at radius 1 is 1.00 bits per heavy atom. The molecule has 1 unspecified atom stereocenters. The molecule has 4 nitrogen and oxygen atoms in total. The van der Waals surface area contributed by atoms with Crippen molar-refractivity contribution >= 4 is 12.0 Å². The van der Waals surface area contributed by atoms with Crippen LogP contribution >= 0.6 is 0 Å². The van der Waals surface area contributed by atoms with Gasteiger partial charge in [0.2, 0.25) is 6.29 Å². The molecule has 1 aromatic rings. The number of nitrogens with zero attached hydrogens (tertiary/aromatic N) is 1. The molecule has 0 heterocycles. The summed E-state index contributed by atoms with van der Waals surface area (Å²) in [6, 6.07) is 6.23. The molecule has 0 aliphatic heterocycles. The molecule has 1 aromatic carbocycles. The van der Waals surface area contributed by atoms with Crippen LogP contribution in [-0.4, -0.2) is 11.2 Å². The van der Waals surface area contributed by atoms with Crippen LogP contribution in [0.2, 0.25) is 0 Å². The van der Waals surface area contributed by atoms with Crippen LogP contribution in [0.5, 0.6) is 0 Å². The monoisotopic (exact) mass is 304 g/mol. The fraction of sp³-hybridized carbons (Fsp3) is 0.611. The fourth-order valence-corrected chi connectivity index (χ4v) is 2.60. The van der Waals surface area contributed by atoms with E-state index in [9.17, 15) is 14.9 Å². The minimum Gasteiger partial charge on any atom is -0.290 e. The van der Waals surface area contributed by atoms with Gasteiger partial charge in [-0.1, -0.05) is 70.4 Å². The molecule has 1 rings (SSSR count). The third kappa shape index (κ3) is 6.83. The van der Waals surface area contributed by atoms with E-state index in [1.165, 1.54) is 50.7 Å². The Hall–Kier alpha value is -1.71. The predicted octanol–water partition coefficient (Wildman–Crippen LogP) is 5.32. The first kappa shape index (κ1) is 18.3. The van der Waals surface area contributed by atoms with Gasteiger partial charge in [-0.3, -0.25) is 14.9 Å². The normalized spacial score (nSPS) is 12.0. The lowest BCUT2D eigenvalue weighted by Crippen LogP contribution is -2.00. The lowest BCUT2D eigenvalue weighted by molar-refractivity contribution is -0.384. The fourth-order valence-electron chi connectivity index (χ4n) is 2.60. The molecule has 1 radical (unpaired) electrons. The van der Waals surface area contributed by atoms with Gasteiger partial charge in [-0.2, -0.15) is 0 Å². The molecule has 0 spiro atoms. The molecule has 0 saturated carbocycles. The van der Waals surface area contributed by atoms with Crippen molar-refractivity contribution < 1.29 is 9.72 Å². The van der Waals surface area contributed by atoms with Gasteiger partial charge in [0.1, 0.15) is 0 Å². The summed E-state index contributed by atoms with van der Waals surface area (Å²) in [5.74, 6) is -0.263. The molecule has 22 heavy (non-hydrogen) atoms. The third-order valence-electron chi connectivity index (χ3n) is 3.99. The van der Waals surface area contributed by atoms with Crippen LogP contribution in [0.15, 0.2) is 24.3 Å². The topological polar surface area (TPSA) is 60.2 Å². The number of nitro groups is 1. The first-order valence-corrected chi connectivity index (χ1v) is 8.31. The maximum absolute atomic E-state index is 11.1. The van der Waals surface area contributed by atoms with Gasteiger partial charge in [0, 0.05) is 12.1 Å². The van der Waals surface area contributed by atoms with Crippen molar-refractivity contribution in [3.8, 4) is 0 Å². The Balaban J connectivity index is 2.27. The molecule has 0 aliphatic rings. The highest BCUT2D eigenvalue weighted by Gasteiger charge is 2.13. The second-order valence-corrected chi connectivity index (χ2v) is 5.78. The van der Waals surface area contributed by atoms with Crippen molar-refractivity contribution in [1.29, 1.82) is 0 Å². The van der Waals surface area contributed by atoms with Gasteiger partial charge >= 0.3 is 0 Å². The number of hydrogen-bond donors (Lipinski definition) is 0. The Morgan fingerprint density at radius 2 is 1.55 bits per heavy atom. The number of unbranched alkanes of at least 4 members (excludes halogenated alkanes) is 7. The van der Waals surface area contributed by atoms with Crippen molar-refractivity contribution in [3.05, 3.63) is 39.9 Å². The van der Waals surface area contributed by atoms with Crippen LogP contribution in [0.1, 0.15) is 76.2 Å². The summed E-state index contributed by atoms with van der Waals surface area (Å²) in [6.45, 7) is 2.22. The number of nitro benzene ring substituents is 1. The minimum absolute atomic E-state index is 0.0560. The van der Waals surface area contributed by atoms with Crippen molar-refractivity contribution in [2.45, 2.75) is 70.6 Å². The molecule has 0 amide bonds. The summed E-state index contributed by atoms with van der Waals surface area (Å²) in [4.78, 5) is 21.3. The van der Waals surface area contributed by atoms with E-state index in [0.717, 1.165) is 24.8 Å². The molecule has 1 atom stereocenters. The van der Waals surface area contributed by atoms with Crippen LogP contribution in [-0.2, 0) is 4.79 Å². The number of non-ortho nitro benzene ring substituents is 1. The molecule has 4 heteroatoms. The zero-order valence-electron chi connectivity index (χ0n) is 13.4. The predicted molar refractivity (Wildman–Crippen MR) is 88.8 cm³/mol. The summed E-state index contributed by atoms with van der Waals surface area (Å²) in [5.41, 5.74) is 0.879. The van der Waals surface area contributed by atoms with E-state index >= 15 is 0 Å². The average molecular weight is 304 g/mol. The van der Waals surface area contributed by atoms with Gasteiger partial charge in [-0.05, 0) is 12.0 Å². The molecule has 0 N–H and O–H groups in total. The Kier molecular flexibility index (Phi) is 9.12. The van der Waals surface area contributed by atoms with Crippen molar-refractivity contribution in [2.24, 2.45) is 0 Å². The lowest BCUT2D eigenvalue weighted by Gasteiger charge is -2.09. The highest BCUT2D eigenvalue weighted by atomic mass is 16.6. The van der Waals surface area contributed by atoms with Crippen LogP contribution < -0.4 is 0 Å². The summed E-state index contributed by atoms with van der Waals surface area (Å²) in [7, 11) is 0. The molecule has 0 aliphatic carbocycles. The lowest BCUT2D eigenvalue weighted by atomic mass is 9.94. The van der Waals surface area contributed by atoms with E-state index in [0.29, 0.717) is 0 Å². The van der Waals surface area contributed by atoms with Crippen LogP contribution in [0.3, 0.4) is 0 Å². The van der Waals surface area contributed by atoms with Gasteiger partial charge in [0.15, 0.2) is 0 Å². The van der Waals surface area contributed by atoms with Gasteiger partial charge in [-0.25, -0.2) is 0 Å². The molecule has 121 valence electrons. The maximum Gasteiger partial charge on any atom is 0.269 e. The Morgan fingerprint density at radius 3 is 2.05 bits per heavy atom. The van der Waals surface area contributed by atoms with Gasteiger partial charge in [-0.15, -0.1) is 0 Å². The highest BCUT2D eigenvalue weighted by molar-refractivity contribution is 5.63. The second-order valence-electron chi connectivity index (χ2n) is 5.78. The summed E-state index contributed by atoms with van der Waals surface area (Å²) >= 11 is 0.